The lowest BCUT2D eigenvalue weighted by Gasteiger charge is -2.25. The van der Waals surface area contributed by atoms with Crippen molar-refractivity contribution in [2.75, 3.05) is 26.7 Å². The molecule has 31 heavy (non-hydrogen) atoms. The number of hydrogen-bond donors (Lipinski definition) is 3. The van der Waals surface area contributed by atoms with Crippen molar-refractivity contribution in [1.29, 1.82) is 0 Å². The van der Waals surface area contributed by atoms with E-state index in [4.69, 9.17) is 10.5 Å². The van der Waals surface area contributed by atoms with Gasteiger partial charge in [0.15, 0.2) is 5.96 Å². The van der Waals surface area contributed by atoms with Gasteiger partial charge in [0.05, 0.1) is 11.0 Å². The van der Waals surface area contributed by atoms with Crippen LogP contribution in [0.4, 0.5) is 10.5 Å². The number of non-ortho nitro benzene ring substituents is 1. The van der Waals surface area contributed by atoms with E-state index in [9.17, 15) is 19.7 Å². The summed E-state index contributed by atoms with van der Waals surface area (Å²) in [5, 5.41) is 13.8. The van der Waals surface area contributed by atoms with Gasteiger partial charge in [0, 0.05) is 43.1 Å². The second-order valence-electron chi connectivity index (χ2n) is 7.73. The largest absolute Gasteiger partial charge is 0.443 e. The molecule has 3 N–H and O–H groups in total. The number of amides is 2. The zero-order chi connectivity index (χ0) is 22.5. The number of rotatable bonds is 5. The van der Waals surface area contributed by atoms with Crippen LogP contribution in [0.1, 0.15) is 18.4 Å². The van der Waals surface area contributed by atoms with Gasteiger partial charge in [0.25, 0.3) is 5.69 Å². The molecular weight excluding hydrogens is 424 g/mol. The van der Waals surface area contributed by atoms with Gasteiger partial charge in [-0.2, -0.15) is 12.6 Å². The quantitative estimate of drug-likeness (QED) is 0.196. The van der Waals surface area contributed by atoms with Crippen LogP contribution in [0, 0.1) is 10.1 Å². The molecule has 2 aliphatic heterocycles. The monoisotopic (exact) mass is 450 g/mol. The zero-order valence-electron chi connectivity index (χ0n) is 17.1. The van der Waals surface area contributed by atoms with Crippen LogP contribution in [0.3, 0.4) is 0 Å². The molecule has 3 rings (SSSR count). The number of carbonyl (C=O) groups is 2. The highest BCUT2D eigenvalue weighted by Gasteiger charge is 2.37. The van der Waals surface area contributed by atoms with Crippen molar-refractivity contribution in [2.24, 2.45) is 10.7 Å². The van der Waals surface area contributed by atoms with Crippen LogP contribution >= 0.6 is 12.6 Å². The number of aliphatic imine (C=N–C) groups is 1. The molecule has 1 aromatic rings. The Morgan fingerprint density at radius 3 is 2.68 bits per heavy atom. The number of likely N-dealkylation sites (tertiary alicyclic amines) is 2. The molecule has 2 amide bonds. The Labute approximate surface area is 185 Å². The number of carbonyl (C=O) groups excluding carboxylic acids is 2. The molecule has 0 aromatic heterocycles. The van der Waals surface area contributed by atoms with Gasteiger partial charge in [-0.3, -0.25) is 19.8 Å². The fourth-order valence-electron chi connectivity index (χ4n) is 3.78. The van der Waals surface area contributed by atoms with Crippen LogP contribution in [0.25, 0.3) is 0 Å². The molecule has 2 saturated heterocycles. The molecule has 0 aliphatic carbocycles. The van der Waals surface area contributed by atoms with Gasteiger partial charge in [0.1, 0.15) is 6.61 Å². The Balaban J connectivity index is 1.44. The predicted molar refractivity (Wildman–Crippen MR) is 117 cm³/mol. The smallest absolute Gasteiger partial charge is 0.437 e. The van der Waals surface area contributed by atoms with Crippen molar-refractivity contribution in [1.82, 2.24) is 15.1 Å². The Bertz CT molecular complexity index is 864. The number of likely N-dealkylation sites (N-methyl/N-ethyl adjacent to an activating group) is 1. The molecule has 2 fully saturated rings. The minimum Gasteiger partial charge on any atom is -0.443 e. The summed E-state index contributed by atoms with van der Waals surface area (Å²) in [5.41, 5.74) is 6.34. The summed E-state index contributed by atoms with van der Waals surface area (Å²) in [6.07, 6.45) is 0.555. The second-order valence-corrected chi connectivity index (χ2v) is 8.46. The summed E-state index contributed by atoms with van der Waals surface area (Å²) >= 11 is 4.47. The Hall–Kier alpha value is -2.86. The molecule has 12 heteroatoms. The molecule has 0 unspecified atom stereocenters. The summed E-state index contributed by atoms with van der Waals surface area (Å²) in [6, 6.07) is 5.40. The Morgan fingerprint density at radius 2 is 2.06 bits per heavy atom. The number of benzene rings is 1. The standard InChI is InChI=1S/C19H26N6O5S/c1-23-10-15(31)8-16(23)17(26)24-7-6-13(9-24)21-18(20)22-19(27)30-11-12-2-4-14(5-3-12)25(28)29/h2-5,13,15-16,31H,6-11H2,1H3,(H3,20,21,22,27)/t13-,15+,16+/m1/s1. The number of hydrogen-bond acceptors (Lipinski definition) is 7. The topological polar surface area (TPSA) is 143 Å². The maximum Gasteiger partial charge on any atom is 0.437 e. The molecule has 0 spiro atoms. The summed E-state index contributed by atoms with van der Waals surface area (Å²) in [7, 11) is 1.93. The number of nitro benzene ring substituents is 1. The highest BCUT2D eigenvalue weighted by molar-refractivity contribution is 7.81. The van der Waals surface area contributed by atoms with Crippen molar-refractivity contribution in [2.45, 2.75) is 36.8 Å². The molecule has 0 bridgehead atoms. The number of thiol groups is 1. The van der Waals surface area contributed by atoms with E-state index in [0.29, 0.717) is 25.1 Å². The van der Waals surface area contributed by atoms with Crippen molar-refractivity contribution in [3.8, 4) is 0 Å². The lowest BCUT2D eigenvalue weighted by Crippen LogP contribution is -2.46. The summed E-state index contributed by atoms with van der Waals surface area (Å²) in [5.74, 6) is 0.00257. The van der Waals surface area contributed by atoms with E-state index in [2.05, 4.69) is 22.9 Å². The lowest BCUT2D eigenvalue weighted by molar-refractivity contribution is -0.384. The van der Waals surface area contributed by atoms with Gasteiger partial charge >= 0.3 is 6.09 Å². The fourth-order valence-corrected chi connectivity index (χ4v) is 4.24. The molecular formula is C19H26N6O5S. The number of nitrogens with zero attached hydrogens (tertiary/aromatic N) is 4. The Morgan fingerprint density at radius 1 is 1.35 bits per heavy atom. The molecule has 11 nitrogen and oxygen atoms in total. The van der Waals surface area contributed by atoms with Gasteiger partial charge in [-0.25, -0.2) is 4.79 Å². The second kappa shape index (κ2) is 9.96. The first-order valence-corrected chi connectivity index (χ1v) is 10.4. The third-order valence-corrected chi connectivity index (χ3v) is 5.76. The van der Waals surface area contributed by atoms with Crippen molar-refractivity contribution >= 4 is 36.3 Å². The van der Waals surface area contributed by atoms with Gasteiger partial charge in [0.2, 0.25) is 5.91 Å². The first kappa shape index (κ1) is 22.8. The van der Waals surface area contributed by atoms with E-state index < -0.39 is 11.0 Å². The highest BCUT2D eigenvalue weighted by Crippen LogP contribution is 2.23. The third-order valence-electron chi connectivity index (χ3n) is 5.38. The third kappa shape index (κ3) is 6.07. The maximum atomic E-state index is 12.7. The fraction of sp³-hybridized carbons (Fsp3) is 0.526. The SMILES string of the molecule is CN1C[C@@H](S)C[C@H]1C(=O)N1CC[C@@H](NC(N)=NC(=O)OCc2ccc([N+](=O)[O-])cc2)C1. The van der Waals surface area contributed by atoms with E-state index in [1.807, 2.05) is 11.9 Å². The van der Waals surface area contributed by atoms with Gasteiger partial charge in [-0.1, -0.05) is 0 Å². The van der Waals surface area contributed by atoms with Crippen molar-refractivity contribution in [3.63, 3.8) is 0 Å². The first-order chi connectivity index (χ1) is 14.7. The van der Waals surface area contributed by atoms with Crippen molar-refractivity contribution < 1.29 is 19.2 Å². The molecule has 0 saturated carbocycles. The molecule has 2 heterocycles. The van der Waals surface area contributed by atoms with Crippen LogP contribution < -0.4 is 11.1 Å². The van der Waals surface area contributed by atoms with Crippen molar-refractivity contribution in [3.05, 3.63) is 39.9 Å². The normalized spacial score (nSPS) is 24.3. The number of ether oxygens (including phenoxy) is 1. The number of nitrogens with two attached hydrogens (primary N) is 1. The van der Waals surface area contributed by atoms with E-state index in [1.165, 1.54) is 24.3 Å². The lowest BCUT2D eigenvalue weighted by atomic mass is 10.2. The zero-order valence-corrected chi connectivity index (χ0v) is 18.0. The van der Waals surface area contributed by atoms with Gasteiger partial charge < -0.3 is 20.7 Å². The minimum atomic E-state index is -0.873. The van der Waals surface area contributed by atoms with E-state index in [-0.39, 0.29) is 41.5 Å². The minimum absolute atomic E-state index is 0.0457. The van der Waals surface area contributed by atoms with Gasteiger partial charge in [-0.15, -0.1) is 4.99 Å². The van der Waals surface area contributed by atoms with E-state index >= 15 is 0 Å². The van der Waals surface area contributed by atoms with E-state index in [0.717, 1.165) is 13.0 Å². The Kier molecular flexibility index (Phi) is 7.33. The molecule has 3 atom stereocenters. The average Bonchev–Trinajstić information content (AvgIpc) is 3.31. The average molecular weight is 451 g/mol. The maximum absolute atomic E-state index is 12.7. The molecule has 2 aliphatic rings. The predicted octanol–water partition coefficient (Wildman–Crippen LogP) is 0.739. The van der Waals surface area contributed by atoms with Crippen LogP contribution in [0.5, 0.6) is 0 Å². The first-order valence-electron chi connectivity index (χ1n) is 9.91. The van der Waals surface area contributed by atoms with Crippen LogP contribution in [-0.2, 0) is 16.1 Å². The molecule has 168 valence electrons. The van der Waals surface area contributed by atoms with E-state index in [1.54, 1.807) is 4.90 Å². The van der Waals surface area contributed by atoms with Crippen LogP contribution in [0.2, 0.25) is 0 Å². The number of nitro groups is 1. The van der Waals surface area contributed by atoms with Crippen LogP contribution in [0.15, 0.2) is 29.3 Å². The molecule has 1 aromatic carbocycles. The summed E-state index contributed by atoms with van der Waals surface area (Å²) in [4.78, 5) is 42.2. The number of nitrogens with one attached hydrogen (secondary N) is 1. The summed E-state index contributed by atoms with van der Waals surface area (Å²) < 4.78 is 5.02. The highest BCUT2D eigenvalue weighted by atomic mass is 32.1. The molecule has 0 radical (unpaired) electrons. The number of guanidine groups is 1. The van der Waals surface area contributed by atoms with Crippen LogP contribution in [-0.4, -0.2) is 76.7 Å². The van der Waals surface area contributed by atoms with Gasteiger partial charge in [-0.05, 0) is 37.6 Å². The summed E-state index contributed by atoms with van der Waals surface area (Å²) in [6.45, 7) is 1.79.